The molecule has 110 valence electrons. The van der Waals surface area contributed by atoms with E-state index in [1.54, 1.807) is 12.7 Å². The molecule has 0 amide bonds. The van der Waals surface area contributed by atoms with Crippen LogP contribution in [0.5, 0.6) is 0 Å². The number of aryl methyl sites for hydroxylation is 1. The Morgan fingerprint density at radius 1 is 1.23 bits per heavy atom. The molecule has 3 heterocycles. The number of nitrogens with zero attached hydrogens (tertiary/aromatic N) is 4. The number of imidazole rings is 1. The van der Waals surface area contributed by atoms with E-state index in [0.717, 1.165) is 30.8 Å². The highest BCUT2D eigenvalue weighted by Gasteiger charge is 2.21. The second-order valence-electron chi connectivity index (χ2n) is 5.66. The topological polar surface area (TPSA) is 57.7 Å². The summed E-state index contributed by atoms with van der Waals surface area (Å²) in [6.45, 7) is 4.03. The van der Waals surface area contributed by atoms with Gasteiger partial charge >= 0.3 is 0 Å². The van der Waals surface area contributed by atoms with Gasteiger partial charge in [-0.25, -0.2) is 15.0 Å². The van der Waals surface area contributed by atoms with Gasteiger partial charge in [-0.15, -0.1) is 0 Å². The number of fused-ring (bicyclic) bond motifs is 1. The smallest absolute Gasteiger partial charge is 0.115 e. The van der Waals surface area contributed by atoms with Crippen molar-refractivity contribution in [3.63, 3.8) is 0 Å². The van der Waals surface area contributed by atoms with Gasteiger partial charge in [0.25, 0.3) is 0 Å². The molecule has 0 aliphatic carbocycles. The van der Waals surface area contributed by atoms with Gasteiger partial charge in [-0.2, -0.15) is 0 Å². The van der Waals surface area contributed by atoms with Crippen LogP contribution in [0.4, 0.5) is 5.69 Å². The van der Waals surface area contributed by atoms with Gasteiger partial charge in [-0.05, 0) is 36.1 Å². The van der Waals surface area contributed by atoms with E-state index in [9.17, 15) is 0 Å². The fourth-order valence-electron chi connectivity index (χ4n) is 3.11. The van der Waals surface area contributed by atoms with E-state index in [1.165, 1.54) is 22.4 Å². The van der Waals surface area contributed by atoms with Gasteiger partial charge in [0.05, 0.1) is 18.6 Å². The zero-order valence-electron chi connectivity index (χ0n) is 12.5. The average Bonchev–Trinajstić information content (AvgIpc) is 3.18. The lowest BCUT2D eigenvalue weighted by Crippen LogP contribution is -2.19. The molecule has 0 radical (unpaired) electrons. The van der Waals surface area contributed by atoms with Crippen molar-refractivity contribution in [1.29, 1.82) is 0 Å². The number of nitrogens with one attached hydrogen (secondary N) is 1. The molecule has 22 heavy (non-hydrogen) atoms. The summed E-state index contributed by atoms with van der Waals surface area (Å²) in [5, 5.41) is 0. The summed E-state index contributed by atoms with van der Waals surface area (Å²) in [5.41, 5.74) is 7.32. The molecule has 1 aliphatic heterocycles. The third-order valence-corrected chi connectivity index (χ3v) is 4.20. The molecule has 0 atom stereocenters. The summed E-state index contributed by atoms with van der Waals surface area (Å²) in [6, 6.07) is 4.56. The third-order valence-electron chi connectivity index (χ3n) is 4.20. The van der Waals surface area contributed by atoms with Crippen LogP contribution in [0.25, 0.3) is 11.1 Å². The molecule has 0 bridgehead atoms. The Hall–Kier alpha value is -2.69. The molecule has 1 aliphatic rings. The SMILES string of the molecule is Cc1cc2c(cc1-c1cncnc1)N(Cc1c[nH]cn1)CC2. The van der Waals surface area contributed by atoms with E-state index in [4.69, 9.17) is 0 Å². The zero-order chi connectivity index (χ0) is 14.9. The second kappa shape index (κ2) is 5.26. The van der Waals surface area contributed by atoms with Gasteiger partial charge in [0.1, 0.15) is 6.33 Å². The molecule has 0 saturated carbocycles. The number of H-pyrrole nitrogens is 1. The van der Waals surface area contributed by atoms with Gasteiger partial charge < -0.3 is 9.88 Å². The lowest BCUT2D eigenvalue weighted by atomic mass is 9.99. The quantitative estimate of drug-likeness (QED) is 0.806. The van der Waals surface area contributed by atoms with Crippen molar-refractivity contribution in [2.24, 2.45) is 0 Å². The number of aromatic amines is 1. The first kappa shape index (κ1) is 13.0. The highest BCUT2D eigenvalue weighted by molar-refractivity contribution is 5.74. The Labute approximate surface area is 129 Å². The summed E-state index contributed by atoms with van der Waals surface area (Å²) < 4.78 is 0. The maximum atomic E-state index is 4.33. The van der Waals surface area contributed by atoms with Crippen LogP contribution < -0.4 is 4.90 Å². The van der Waals surface area contributed by atoms with Gasteiger partial charge in [0.2, 0.25) is 0 Å². The highest BCUT2D eigenvalue weighted by Crippen LogP contribution is 2.35. The van der Waals surface area contributed by atoms with Crippen molar-refractivity contribution >= 4 is 5.69 Å². The third kappa shape index (κ3) is 2.24. The molecule has 5 heteroatoms. The number of hydrogen-bond donors (Lipinski definition) is 1. The maximum absolute atomic E-state index is 4.33. The largest absolute Gasteiger partial charge is 0.365 e. The first-order valence-corrected chi connectivity index (χ1v) is 7.43. The maximum Gasteiger partial charge on any atom is 0.115 e. The minimum Gasteiger partial charge on any atom is -0.365 e. The Bertz CT molecular complexity index is 780. The molecule has 1 aromatic carbocycles. The van der Waals surface area contributed by atoms with E-state index >= 15 is 0 Å². The number of aromatic nitrogens is 4. The van der Waals surface area contributed by atoms with Gasteiger partial charge in [0.15, 0.2) is 0 Å². The Balaban J connectivity index is 1.72. The predicted octanol–water partition coefficient (Wildman–Crippen LogP) is 2.74. The van der Waals surface area contributed by atoms with Crippen molar-refractivity contribution in [3.05, 3.63) is 60.2 Å². The van der Waals surface area contributed by atoms with Gasteiger partial charge in [-0.1, -0.05) is 6.07 Å². The number of rotatable bonds is 3. The molecule has 2 aromatic heterocycles. The van der Waals surface area contributed by atoms with Crippen LogP contribution in [0.15, 0.2) is 43.4 Å². The van der Waals surface area contributed by atoms with Crippen LogP contribution >= 0.6 is 0 Å². The van der Waals surface area contributed by atoms with Gasteiger partial charge in [0, 0.05) is 36.4 Å². The minimum atomic E-state index is 0.838. The standard InChI is InChI=1S/C17H17N5/c1-12-4-13-2-3-22(9-15-8-20-11-21-15)17(13)5-16(12)14-6-18-10-19-7-14/h4-8,10-11H,2-3,9H2,1H3,(H,20,21). The fraction of sp³-hybridized carbons (Fsp3) is 0.235. The van der Waals surface area contributed by atoms with Crippen molar-refractivity contribution in [1.82, 2.24) is 19.9 Å². The summed E-state index contributed by atoms with van der Waals surface area (Å²) in [4.78, 5) is 18.0. The molecule has 0 unspecified atom stereocenters. The lowest BCUT2D eigenvalue weighted by Gasteiger charge is -2.19. The number of anilines is 1. The molecule has 3 aromatic rings. The minimum absolute atomic E-state index is 0.838. The molecule has 5 nitrogen and oxygen atoms in total. The van der Waals surface area contributed by atoms with Crippen LogP contribution in [-0.2, 0) is 13.0 Å². The first-order valence-electron chi connectivity index (χ1n) is 7.43. The van der Waals surface area contributed by atoms with Gasteiger partial charge in [-0.3, -0.25) is 0 Å². The van der Waals surface area contributed by atoms with Crippen LogP contribution in [0.2, 0.25) is 0 Å². The zero-order valence-corrected chi connectivity index (χ0v) is 12.5. The number of hydrogen-bond acceptors (Lipinski definition) is 4. The highest BCUT2D eigenvalue weighted by atomic mass is 15.2. The van der Waals surface area contributed by atoms with Crippen LogP contribution in [0, 0.1) is 6.92 Å². The van der Waals surface area contributed by atoms with E-state index in [-0.39, 0.29) is 0 Å². The van der Waals surface area contributed by atoms with E-state index in [1.807, 2.05) is 18.6 Å². The molecule has 0 spiro atoms. The molecule has 0 saturated heterocycles. The van der Waals surface area contributed by atoms with Crippen LogP contribution in [-0.4, -0.2) is 26.5 Å². The monoisotopic (exact) mass is 291 g/mol. The van der Waals surface area contributed by atoms with Crippen LogP contribution in [0.1, 0.15) is 16.8 Å². The average molecular weight is 291 g/mol. The van der Waals surface area contributed by atoms with E-state index < -0.39 is 0 Å². The Morgan fingerprint density at radius 3 is 2.86 bits per heavy atom. The fourth-order valence-corrected chi connectivity index (χ4v) is 3.11. The van der Waals surface area contributed by atoms with Crippen molar-refractivity contribution in [3.8, 4) is 11.1 Å². The van der Waals surface area contributed by atoms with Crippen molar-refractivity contribution in [2.45, 2.75) is 19.9 Å². The molecular weight excluding hydrogens is 274 g/mol. The summed E-state index contributed by atoms with van der Waals surface area (Å²) in [5.74, 6) is 0. The molecule has 0 fully saturated rings. The van der Waals surface area contributed by atoms with E-state index in [2.05, 4.69) is 43.9 Å². The van der Waals surface area contributed by atoms with Crippen molar-refractivity contribution < 1.29 is 0 Å². The first-order chi connectivity index (χ1) is 10.8. The van der Waals surface area contributed by atoms with Crippen LogP contribution in [0.3, 0.4) is 0 Å². The lowest BCUT2D eigenvalue weighted by molar-refractivity contribution is 0.819. The molecule has 4 rings (SSSR count). The second-order valence-corrected chi connectivity index (χ2v) is 5.66. The molecule has 1 N–H and O–H groups in total. The summed E-state index contributed by atoms with van der Waals surface area (Å²) >= 11 is 0. The summed E-state index contributed by atoms with van der Waals surface area (Å²) in [7, 11) is 0. The predicted molar refractivity (Wildman–Crippen MR) is 85.5 cm³/mol. The normalized spacial score (nSPS) is 13.4. The van der Waals surface area contributed by atoms with E-state index in [0.29, 0.717) is 0 Å². The number of benzene rings is 1. The Morgan fingerprint density at radius 2 is 2.09 bits per heavy atom. The summed E-state index contributed by atoms with van der Waals surface area (Å²) in [6.07, 6.45) is 10.1. The Kier molecular flexibility index (Phi) is 3.11. The molecular formula is C17H17N5. The van der Waals surface area contributed by atoms with Crippen molar-refractivity contribution in [2.75, 3.05) is 11.4 Å².